The number of carbonyl (C=O) groups excluding carboxylic acids is 1. The van der Waals surface area contributed by atoms with Gasteiger partial charge < -0.3 is 5.32 Å². The molecule has 9 heteroatoms. The zero-order chi connectivity index (χ0) is 23.2. The minimum absolute atomic E-state index is 0.0621. The van der Waals surface area contributed by atoms with E-state index in [-0.39, 0.29) is 23.4 Å². The molecule has 1 amide bonds. The first-order valence-corrected chi connectivity index (χ1v) is 11.6. The number of amides is 1. The molecule has 0 bridgehead atoms. The summed E-state index contributed by atoms with van der Waals surface area (Å²) in [6.07, 6.45) is 7.73. The van der Waals surface area contributed by atoms with Crippen LogP contribution < -0.4 is 16.6 Å². The number of nitrogens with one attached hydrogen (secondary N) is 2. The number of benzene rings is 1. The van der Waals surface area contributed by atoms with E-state index in [1.54, 1.807) is 0 Å². The maximum atomic E-state index is 13.1. The summed E-state index contributed by atoms with van der Waals surface area (Å²) in [6.45, 7) is 0.691. The summed E-state index contributed by atoms with van der Waals surface area (Å²) in [5.41, 5.74) is 2.99. The molecule has 9 nitrogen and oxygen atoms in total. The SMILES string of the molecule is O=C(NC1CCCc2c1cnn2Cc1ccccc1)c1cnc2c(c1)c(=O)[nH]c(=O)n2C1CC1. The lowest BCUT2D eigenvalue weighted by molar-refractivity contribution is 0.0932. The van der Waals surface area contributed by atoms with E-state index in [0.717, 1.165) is 43.4 Å². The van der Waals surface area contributed by atoms with E-state index in [2.05, 4.69) is 32.5 Å². The van der Waals surface area contributed by atoms with E-state index in [1.807, 2.05) is 29.1 Å². The van der Waals surface area contributed by atoms with Crippen molar-refractivity contribution in [3.8, 4) is 0 Å². The Morgan fingerprint density at radius 2 is 1.94 bits per heavy atom. The fourth-order valence-electron chi connectivity index (χ4n) is 4.84. The number of pyridine rings is 1. The van der Waals surface area contributed by atoms with Gasteiger partial charge in [0, 0.05) is 23.5 Å². The van der Waals surface area contributed by atoms with Crippen LogP contribution in [0, 0.1) is 0 Å². The Morgan fingerprint density at radius 3 is 2.74 bits per heavy atom. The molecule has 1 aromatic carbocycles. The number of rotatable bonds is 5. The summed E-state index contributed by atoms with van der Waals surface area (Å²) in [6, 6.07) is 11.6. The summed E-state index contributed by atoms with van der Waals surface area (Å²) >= 11 is 0. The van der Waals surface area contributed by atoms with Crippen LogP contribution in [0.25, 0.3) is 11.0 Å². The average molecular weight is 457 g/mol. The van der Waals surface area contributed by atoms with Gasteiger partial charge in [0.15, 0.2) is 0 Å². The van der Waals surface area contributed by atoms with E-state index in [4.69, 9.17) is 0 Å². The topological polar surface area (TPSA) is 115 Å². The summed E-state index contributed by atoms with van der Waals surface area (Å²) in [4.78, 5) is 44.5. The Labute approximate surface area is 194 Å². The molecule has 1 saturated carbocycles. The number of aromatic nitrogens is 5. The minimum Gasteiger partial charge on any atom is -0.345 e. The lowest BCUT2D eigenvalue weighted by Crippen LogP contribution is -2.32. The van der Waals surface area contributed by atoms with E-state index in [0.29, 0.717) is 17.8 Å². The number of hydrogen-bond donors (Lipinski definition) is 2. The van der Waals surface area contributed by atoms with Crippen LogP contribution in [0.3, 0.4) is 0 Å². The average Bonchev–Trinajstić information content (AvgIpc) is 3.60. The molecule has 0 saturated heterocycles. The maximum absolute atomic E-state index is 13.1. The van der Waals surface area contributed by atoms with Gasteiger partial charge in [0.25, 0.3) is 11.5 Å². The van der Waals surface area contributed by atoms with Gasteiger partial charge in [0.05, 0.1) is 29.7 Å². The van der Waals surface area contributed by atoms with Gasteiger partial charge in [-0.05, 0) is 43.7 Å². The van der Waals surface area contributed by atoms with Crippen LogP contribution >= 0.6 is 0 Å². The standard InChI is InChI=1S/C25H24N6O3/c32-23(16-11-18-22(26-12-16)31(17-9-10-17)25(34)29-24(18)33)28-20-7-4-8-21-19(20)13-27-30(21)14-15-5-2-1-3-6-15/h1-3,5-6,11-13,17,20H,4,7-10,14H2,(H,28,32)(H,29,33,34). The van der Waals surface area contributed by atoms with Crippen molar-refractivity contribution in [2.45, 2.75) is 50.7 Å². The Hall–Kier alpha value is -4.01. The molecule has 172 valence electrons. The Kier molecular flexibility index (Phi) is 4.90. The van der Waals surface area contributed by atoms with Gasteiger partial charge in [-0.1, -0.05) is 30.3 Å². The molecule has 34 heavy (non-hydrogen) atoms. The second kappa shape index (κ2) is 8.09. The molecule has 2 N–H and O–H groups in total. The fourth-order valence-corrected chi connectivity index (χ4v) is 4.84. The van der Waals surface area contributed by atoms with Crippen molar-refractivity contribution < 1.29 is 4.79 Å². The van der Waals surface area contributed by atoms with Gasteiger partial charge in [-0.2, -0.15) is 5.10 Å². The van der Waals surface area contributed by atoms with Gasteiger partial charge in [-0.25, -0.2) is 9.78 Å². The van der Waals surface area contributed by atoms with Crippen LogP contribution in [-0.2, 0) is 13.0 Å². The number of hydrogen-bond acceptors (Lipinski definition) is 5. The van der Waals surface area contributed by atoms with Gasteiger partial charge in [0.2, 0.25) is 0 Å². The summed E-state index contributed by atoms with van der Waals surface area (Å²) in [5, 5.41) is 7.94. The quantitative estimate of drug-likeness (QED) is 0.479. The van der Waals surface area contributed by atoms with E-state index >= 15 is 0 Å². The third-order valence-corrected chi connectivity index (χ3v) is 6.70. The molecule has 1 unspecified atom stereocenters. The number of H-pyrrole nitrogens is 1. The van der Waals surface area contributed by atoms with Crippen molar-refractivity contribution in [1.82, 2.24) is 29.6 Å². The largest absolute Gasteiger partial charge is 0.345 e. The molecule has 6 rings (SSSR count). The normalized spacial score (nSPS) is 17.5. The van der Waals surface area contributed by atoms with Crippen LogP contribution in [0.2, 0.25) is 0 Å². The number of nitrogens with zero attached hydrogens (tertiary/aromatic N) is 4. The van der Waals surface area contributed by atoms with Crippen LogP contribution in [0.5, 0.6) is 0 Å². The van der Waals surface area contributed by atoms with Crippen LogP contribution in [0.15, 0.2) is 58.4 Å². The minimum atomic E-state index is -0.527. The Morgan fingerprint density at radius 1 is 1.12 bits per heavy atom. The molecule has 3 aromatic heterocycles. The molecule has 0 radical (unpaired) electrons. The molecule has 2 aliphatic rings. The van der Waals surface area contributed by atoms with Gasteiger partial charge in [0.1, 0.15) is 5.65 Å². The van der Waals surface area contributed by atoms with Crippen LogP contribution in [0.4, 0.5) is 0 Å². The smallest absolute Gasteiger partial charge is 0.330 e. The van der Waals surface area contributed by atoms with Crippen LogP contribution in [-0.4, -0.2) is 30.2 Å². The number of fused-ring (bicyclic) bond motifs is 2. The van der Waals surface area contributed by atoms with Crippen molar-refractivity contribution >= 4 is 16.9 Å². The Bertz CT molecular complexity index is 1510. The summed E-state index contributed by atoms with van der Waals surface area (Å²) < 4.78 is 3.53. The monoisotopic (exact) mass is 456 g/mol. The maximum Gasteiger partial charge on any atom is 0.330 e. The van der Waals surface area contributed by atoms with E-state index < -0.39 is 11.2 Å². The summed E-state index contributed by atoms with van der Waals surface area (Å²) in [7, 11) is 0. The Balaban J connectivity index is 1.27. The highest BCUT2D eigenvalue weighted by molar-refractivity contribution is 5.97. The highest BCUT2D eigenvalue weighted by atomic mass is 16.2. The predicted octanol–water partition coefficient (Wildman–Crippen LogP) is 2.47. The number of carbonyl (C=O) groups is 1. The fraction of sp³-hybridized carbons (Fsp3) is 0.320. The van der Waals surface area contributed by atoms with Gasteiger partial charge in [-0.15, -0.1) is 0 Å². The highest BCUT2D eigenvalue weighted by Crippen LogP contribution is 2.35. The molecule has 3 heterocycles. The molecule has 1 atom stereocenters. The zero-order valence-corrected chi connectivity index (χ0v) is 18.5. The highest BCUT2D eigenvalue weighted by Gasteiger charge is 2.29. The van der Waals surface area contributed by atoms with Gasteiger partial charge in [-0.3, -0.25) is 23.8 Å². The first-order chi connectivity index (χ1) is 16.6. The van der Waals surface area contributed by atoms with E-state index in [1.165, 1.54) is 22.4 Å². The molecule has 0 spiro atoms. The lowest BCUT2D eigenvalue weighted by Gasteiger charge is -2.24. The predicted molar refractivity (Wildman–Crippen MR) is 126 cm³/mol. The molecule has 1 fully saturated rings. The van der Waals surface area contributed by atoms with Gasteiger partial charge >= 0.3 is 5.69 Å². The third kappa shape index (κ3) is 3.63. The third-order valence-electron chi connectivity index (χ3n) is 6.70. The van der Waals surface area contributed by atoms with E-state index in [9.17, 15) is 14.4 Å². The summed E-state index contributed by atoms with van der Waals surface area (Å²) in [5.74, 6) is -0.299. The second-order valence-electron chi connectivity index (χ2n) is 9.06. The van der Waals surface area contributed by atoms with Crippen LogP contribution in [0.1, 0.15) is 64.9 Å². The molecule has 0 aliphatic heterocycles. The molecule has 4 aromatic rings. The molecular formula is C25H24N6O3. The van der Waals surface area contributed by atoms with Crippen molar-refractivity contribution in [3.63, 3.8) is 0 Å². The molecule has 2 aliphatic carbocycles. The van der Waals surface area contributed by atoms with Crippen molar-refractivity contribution in [1.29, 1.82) is 0 Å². The zero-order valence-electron chi connectivity index (χ0n) is 18.5. The lowest BCUT2D eigenvalue weighted by atomic mass is 9.92. The van der Waals surface area contributed by atoms with Crippen molar-refractivity contribution in [3.05, 3.63) is 92.0 Å². The first kappa shape index (κ1) is 20.6. The second-order valence-corrected chi connectivity index (χ2v) is 9.06. The van der Waals surface area contributed by atoms with Crippen molar-refractivity contribution in [2.24, 2.45) is 0 Å². The molecular weight excluding hydrogens is 432 g/mol. The van der Waals surface area contributed by atoms with Crippen molar-refractivity contribution in [2.75, 3.05) is 0 Å². The first-order valence-electron chi connectivity index (χ1n) is 11.6. The number of aromatic amines is 1.